The Hall–Kier alpha value is -1.39. The molecule has 3 N–H and O–H groups in total. The molecular formula is C25H44IN5O2. The van der Waals surface area contributed by atoms with E-state index in [-0.39, 0.29) is 35.9 Å². The predicted octanol–water partition coefficient (Wildman–Crippen LogP) is 3.63. The second-order valence-electron chi connectivity index (χ2n) is 8.58. The van der Waals surface area contributed by atoms with Crippen LogP contribution in [-0.4, -0.2) is 68.7 Å². The minimum atomic E-state index is -0.0257. The van der Waals surface area contributed by atoms with E-state index in [1.165, 1.54) is 0 Å². The fourth-order valence-electron chi connectivity index (χ4n) is 4.18. The molecule has 2 rings (SSSR count). The van der Waals surface area contributed by atoms with Gasteiger partial charge >= 0.3 is 0 Å². The van der Waals surface area contributed by atoms with Crippen LogP contribution >= 0.6 is 24.0 Å². The monoisotopic (exact) mass is 573 g/mol. The molecule has 1 saturated heterocycles. The third-order valence-electron chi connectivity index (χ3n) is 6.45. The van der Waals surface area contributed by atoms with Gasteiger partial charge in [-0.25, -0.2) is 0 Å². The Labute approximate surface area is 217 Å². The molecule has 2 atom stereocenters. The van der Waals surface area contributed by atoms with Gasteiger partial charge in [0.2, 0.25) is 0 Å². The minimum absolute atomic E-state index is 0. The van der Waals surface area contributed by atoms with Crippen LogP contribution in [0.3, 0.4) is 0 Å². The summed E-state index contributed by atoms with van der Waals surface area (Å²) in [5.74, 6) is 1.39. The normalized spacial score (nSPS) is 16.6. The van der Waals surface area contributed by atoms with E-state index in [2.05, 4.69) is 46.6 Å². The van der Waals surface area contributed by atoms with E-state index in [0.717, 1.165) is 63.6 Å². The van der Waals surface area contributed by atoms with E-state index in [9.17, 15) is 4.79 Å². The second-order valence-corrected chi connectivity index (χ2v) is 8.58. The third-order valence-corrected chi connectivity index (χ3v) is 6.45. The number of carbonyl (C=O) groups excluding carboxylic acids is 1. The number of amides is 1. The topological polar surface area (TPSA) is 78.0 Å². The Bertz CT molecular complexity index is 721. The first-order valence-electron chi connectivity index (χ1n) is 12.2. The van der Waals surface area contributed by atoms with Gasteiger partial charge in [0.15, 0.2) is 5.96 Å². The second kappa shape index (κ2) is 16.3. The van der Waals surface area contributed by atoms with Gasteiger partial charge in [-0.2, -0.15) is 0 Å². The molecule has 0 radical (unpaired) electrons. The predicted molar refractivity (Wildman–Crippen MR) is 148 cm³/mol. The molecule has 1 heterocycles. The van der Waals surface area contributed by atoms with E-state index in [1.54, 1.807) is 7.05 Å². The third kappa shape index (κ3) is 9.78. The maximum Gasteiger partial charge on any atom is 0.251 e. The summed E-state index contributed by atoms with van der Waals surface area (Å²) in [4.78, 5) is 19.4. The fourth-order valence-corrected chi connectivity index (χ4v) is 4.18. The summed E-state index contributed by atoms with van der Waals surface area (Å²) in [6.07, 6.45) is 3.24. The molecule has 7 nitrogen and oxygen atoms in total. The first kappa shape index (κ1) is 29.6. The zero-order chi connectivity index (χ0) is 23.3. The van der Waals surface area contributed by atoms with Crippen molar-refractivity contribution in [2.45, 2.75) is 65.6 Å². The maximum atomic E-state index is 12.4. The minimum Gasteiger partial charge on any atom is -0.379 e. The number of nitrogens with one attached hydrogen (secondary N) is 3. The van der Waals surface area contributed by atoms with Gasteiger partial charge in [-0.05, 0) is 37.0 Å². The van der Waals surface area contributed by atoms with Gasteiger partial charge in [0.25, 0.3) is 5.91 Å². The van der Waals surface area contributed by atoms with Crippen molar-refractivity contribution < 1.29 is 9.53 Å². The molecule has 1 aromatic carbocycles. The summed E-state index contributed by atoms with van der Waals surface area (Å²) in [6, 6.07) is 8.39. The Morgan fingerprint density at radius 2 is 1.82 bits per heavy atom. The number of carbonyl (C=O) groups is 1. The number of rotatable bonds is 11. The lowest BCUT2D eigenvalue weighted by Crippen LogP contribution is -2.53. The van der Waals surface area contributed by atoms with Gasteiger partial charge in [0.05, 0.1) is 13.2 Å². The molecule has 1 aliphatic rings. The number of nitrogens with zero attached hydrogens (tertiary/aromatic N) is 2. The van der Waals surface area contributed by atoms with Crippen LogP contribution < -0.4 is 16.0 Å². The molecule has 188 valence electrons. The van der Waals surface area contributed by atoms with Gasteiger partial charge in [-0.15, -0.1) is 24.0 Å². The van der Waals surface area contributed by atoms with Crippen LogP contribution in [0.15, 0.2) is 29.3 Å². The molecule has 0 bridgehead atoms. The van der Waals surface area contributed by atoms with E-state index in [0.29, 0.717) is 24.1 Å². The highest BCUT2D eigenvalue weighted by atomic mass is 127. The van der Waals surface area contributed by atoms with Crippen LogP contribution in [0, 0.1) is 5.92 Å². The van der Waals surface area contributed by atoms with Gasteiger partial charge in [-0.1, -0.05) is 45.7 Å². The lowest BCUT2D eigenvalue weighted by molar-refractivity contribution is 0.00272. The van der Waals surface area contributed by atoms with Crippen molar-refractivity contribution in [2.75, 3.05) is 39.9 Å². The number of hydrogen-bond donors (Lipinski definition) is 3. The summed E-state index contributed by atoms with van der Waals surface area (Å²) >= 11 is 0. The highest BCUT2D eigenvalue weighted by Gasteiger charge is 2.27. The SMILES string of the molecule is CCC(C)NC(=O)c1cccc(CNC(=NC)NCC(C(CC)CC)N2CCOCC2)c1.I. The maximum absolute atomic E-state index is 12.4. The first-order valence-corrected chi connectivity index (χ1v) is 12.2. The first-order chi connectivity index (χ1) is 15.5. The summed E-state index contributed by atoms with van der Waals surface area (Å²) in [5, 5.41) is 9.96. The van der Waals surface area contributed by atoms with E-state index in [4.69, 9.17) is 4.74 Å². The molecule has 1 aromatic rings. The van der Waals surface area contributed by atoms with Crippen LogP contribution in [0.5, 0.6) is 0 Å². The summed E-state index contributed by atoms with van der Waals surface area (Å²) < 4.78 is 5.56. The Kier molecular flexibility index (Phi) is 14.6. The summed E-state index contributed by atoms with van der Waals surface area (Å²) in [6.45, 7) is 13.7. The van der Waals surface area contributed by atoms with Crippen molar-refractivity contribution in [3.63, 3.8) is 0 Å². The van der Waals surface area contributed by atoms with Crippen molar-refractivity contribution in [3.8, 4) is 0 Å². The lowest BCUT2D eigenvalue weighted by Gasteiger charge is -2.39. The molecule has 0 aromatic heterocycles. The molecule has 8 heteroatoms. The molecule has 33 heavy (non-hydrogen) atoms. The van der Waals surface area contributed by atoms with Crippen molar-refractivity contribution in [1.29, 1.82) is 0 Å². The smallest absolute Gasteiger partial charge is 0.251 e. The van der Waals surface area contributed by atoms with Crippen LogP contribution in [0.25, 0.3) is 0 Å². The zero-order valence-corrected chi connectivity index (χ0v) is 23.4. The van der Waals surface area contributed by atoms with Gasteiger partial charge < -0.3 is 20.7 Å². The largest absolute Gasteiger partial charge is 0.379 e. The van der Waals surface area contributed by atoms with Crippen LogP contribution in [0.2, 0.25) is 0 Å². The number of ether oxygens (including phenoxy) is 1. The number of benzene rings is 1. The lowest BCUT2D eigenvalue weighted by atomic mass is 9.92. The van der Waals surface area contributed by atoms with Gasteiger partial charge in [-0.3, -0.25) is 14.7 Å². The number of aliphatic imine (C=N–C) groups is 1. The highest BCUT2D eigenvalue weighted by Crippen LogP contribution is 2.19. The van der Waals surface area contributed by atoms with Crippen molar-refractivity contribution in [1.82, 2.24) is 20.9 Å². The summed E-state index contributed by atoms with van der Waals surface area (Å²) in [7, 11) is 1.80. The molecule has 0 aliphatic carbocycles. The summed E-state index contributed by atoms with van der Waals surface area (Å²) in [5.41, 5.74) is 1.74. The Balaban J connectivity index is 0.00000544. The van der Waals surface area contributed by atoms with Crippen molar-refractivity contribution in [2.24, 2.45) is 10.9 Å². The number of hydrogen-bond acceptors (Lipinski definition) is 4. The van der Waals surface area contributed by atoms with E-state index >= 15 is 0 Å². The van der Waals surface area contributed by atoms with E-state index in [1.807, 2.05) is 31.2 Å². The van der Waals surface area contributed by atoms with Crippen molar-refractivity contribution in [3.05, 3.63) is 35.4 Å². The molecule has 1 amide bonds. The van der Waals surface area contributed by atoms with Crippen molar-refractivity contribution >= 4 is 35.8 Å². The average Bonchev–Trinajstić information content (AvgIpc) is 2.84. The molecule has 0 saturated carbocycles. The number of halogens is 1. The van der Waals surface area contributed by atoms with E-state index < -0.39 is 0 Å². The Morgan fingerprint density at radius 3 is 2.42 bits per heavy atom. The molecular weight excluding hydrogens is 529 g/mol. The average molecular weight is 574 g/mol. The molecule has 1 aliphatic heterocycles. The molecule has 0 spiro atoms. The quantitative estimate of drug-likeness (QED) is 0.214. The van der Waals surface area contributed by atoms with Gasteiger partial charge in [0, 0.05) is 50.9 Å². The molecule has 2 unspecified atom stereocenters. The number of guanidine groups is 1. The standard InChI is InChI=1S/C25H43N5O2.HI/c1-6-19(4)29-24(31)22-11-9-10-20(16-22)17-27-25(26-5)28-18-23(21(7-2)8-3)30-12-14-32-15-13-30;/h9-11,16,19,21,23H,6-8,12-15,17-18H2,1-5H3,(H,29,31)(H2,26,27,28);1H. The van der Waals surface area contributed by atoms with Gasteiger partial charge in [0.1, 0.15) is 0 Å². The van der Waals surface area contributed by atoms with Crippen LogP contribution in [0.4, 0.5) is 0 Å². The molecule has 1 fully saturated rings. The number of morpholine rings is 1. The zero-order valence-electron chi connectivity index (χ0n) is 21.0. The Morgan fingerprint density at radius 1 is 1.12 bits per heavy atom. The van der Waals surface area contributed by atoms with Crippen LogP contribution in [-0.2, 0) is 11.3 Å². The fraction of sp³-hybridized carbons (Fsp3) is 0.680. The highest BCUT2D eigenvalue weighted by molar-refractivity contribution is 14.0. The van der Waals surface area contributed by atoms with Crippen LogP contribution in [0.1, 0.15) is 62.9 Å².